The molecule has 1 aromatic carbocycles. The van der Waals surface area contributed by atoms with Crippen molar-refractivity contribution in [2.45, 2.75) is 25.3 Å². The number of carbonyl (C=O) groups excluding carboxylic acids is 1. The lowest BCUT2D eigenvalue weighted by molar-refractivity contribution is 0.0941. The van der Waals surface area contributed by atoms with Crippen molar-refractivity contribution in [3.63, 3.8) is 0 Å². The average molecular weight is 267 g/mol. The Morgan fingerprint density at radius 2 is 2.35 bits per heavy atom. The van der Waals surface area contributed by atoms with Crippen LogP contribution in [-0.2, 0) is 6.54 Å². The maximum atomic E-state index is 11.9. The monoisotopic (exact) mass is 267 g/mol. The molecule has 6 nitrogen and oxygen atoms in total. The van der Waals surface area contributed by atoms with Gasteiger partial charge in [-0.25, -0.2) is 4.98 Å². The van der Waals surface area contributed by atoms with Crippen LogP contribution in [0, 0.1) is 11.3 Å². The molecule has 1 aliphatic carbocycles. The number of carbonyl (C=O) groups is 1. The second-order valence-corrected chi connectivity index (χ2v) is 4.81. The predicted molar refractivity (Wildman–Crippen MR) is 70.7 cm³/mol. The van der Waals surface area contributed by atoms with Gasteiger partial charge in [0.1, 0.15) is 5.82 Å². The number of amides is 1. The van der Waals surface area contributed by atoms with Gasteiger partial charge < -0.3 is 5.32 Å². The summed E-state index contributed by atoms with van der Waals surface area (Å²) in [5, 5.41) is 18.3. The van der Waals surface area contributed by atoms with Crippen molar-refractivity contribution in [1.29, 1.82) is 5.26 Å². The molecule has 0 aliphatic heterocycles. The van der Waals surface area contributed by atoms with Gasteiger partial charge in [-0.15, -0.1) is 5.10 Å². The lowest BCUT2D eigenvalue weighted by Gasteiger charge is -2.02. The third-order valence-corrected chi connectivity index (χ3v) is 3.18. The van der Waals surface area contributed by atoms with E-state index in [0.717, 1.165) is 24.2 Å². The van der Waals surface area contributed by atoms with Gasteiger partial charge in [0, 0.05) is 12.5 Å². The number of benzene rings is 1. The molecule has 1 aromatic heterocycles. The number of rotatable bonds is 4. The fourth-order valence-electron chi connectivity index (χ4n) is 1.93. The highest BCUT2D eigenvalue weighted by molar-refractivity contribution is 5.90. The quantitative estimate of drug-likeness (QED) is 0.877. The smallest absolute Gasteiger partial charge is 0.291 e. The Kier molecular flexibility index (Phi) is 3.17. The maximum Gasteiger partial charge on any atom is 0.291 e. The molecule has 1 saturated carbocycles. The van der Waals surface area contributed by atoms with Gasteiger partial charge >= 0.3 is 0 Å². The predicted octanol–water partition coefficient (Wildman–Crippen LogP) is 1.48. The van der Waals surface area contributed by atoms with Gasteiger partial charge in [0.15, 0.2) is 0 Å². The average Bonchev–Trinajstić information content (AvgIpc) is 3.22. The molecular weight excluding hydrogens is 254 g/mol. The minimum Gasteiger partial charge on any atom is -0.345 e. The second-order valence-electron chi connectivity index (χ2n) is 4.81. The standard InChI is InChI=1S/C14H13N5O/c15-7-9-2-1-3-10(6-9)8-16-14(20)13-17-12(18-19-13)11-4-5-11/h1-3,6,11H,4-5,8H2,(H,16,20)(H,17,18,19). The summed E-state index contributed by atoms with van der Waals surface area (Å²) in [7, 11) is 0. The van der Waals surface area contributed by atoms with Crippen LogP contribution in [0.5, 0.6) is 0 Å². The number of hydrogen-bond donors (Lipinski definition) is 2. The van der Waals surface area contributed by atoms with E-state index in [9.17, 15) is 4.79 Å². The van der Waals surface area contributed by atoms with Gasteiger partial charge in [0.25, 0.3) is 5.91 Å². The van der Waals surface area contributed by atoms with Gasteiger partial charge in [-0.3, -0.25) is 9.89 Å². The molecule has 0 radical (unpaired) electrons. The Labute approximate surface area is 115 Å². The Hall–Kier alpha value is -2.68. The number of aromatic nitrogens is 3. The summed E-state index contributed by atoms with van der Waals surface area (Å²) in [5.74, 6) is 1.09. The van der Waals surface area contributed by atoms with Crippen molar-refractivity contribution in [2.24, 2.45) is 0 Å². The van der Waals surface area contributed by atoms with E-state index in [0.29, 0.717) is 18.0 Å². The molecule has 0 spiro atoms. The van der Waals surface area contributed by atoms with E-state index >= 15 is 0 Å². The Morgan fingerprint density at radius 1 is 1.50 bits per heavy atom. The van der Waals surface area contributed by atoms with Crippen molar-refractivity contribution >= 4 is 5.91 Å². The summed E-state index contributed by atoms with van der Waals surface area (Å²) in [6.45, 7) is 0.349. The highest BCUT2D eigenvalue weighted by Gasteiger charge is 2.28. The van der Waals surface area contributed by atoms with Crippen LogP contribution in [0.3, 0.4) is 0 Å². The molecule has 0 unspecified atom stereocenters. The number of nitriles is 1. The SMILES string of the molecule is N#Cc1cccc(CNC(=O)c2n[nH]c(C3CC3)n2)c1. The zero-order valence-corrected chi connectivity index (χ0v) is 10.8. The van der Waals surface area contributed by atoms with Crippen LogP contribution in [0.25, 0.3) is 0 Å². The van der Waals surface area contributed by atoms with E-state index in [-0.39, 0.29) is 11.7 Å². The van der Waals surface area contributed by atoms with E-state index in [1.807, 2.05) is 6.07 Å². The van der Waals surface area contributed by atoms with Crippen molar-refractivity contribution in [3.8, 4) is 6.07 Å². The third-order valence-electron chi connectivity index (χ3n) is 3.18. The second kappa shape index (κ2) is 5.13. The van der Waals surface area contributed by atoms with Crippen LogP contribution in [-0.4, -0.2) is 21.1 Å². The first-order chi connectivity index (χ1) is 9.76. The summed E-state index contributed by atoms with van der Waals surface area (Å²) in [6.07, 6.45) is 2.22. The van der Waals surface area contributed by atoms with Gasteiger partial charge in [0.2, 0.25) is 5.82 Å². The van der Waals surface area contributed by atoms with E-state index in [1.165, 1.54) is 0 Å². The third kappa shape index (κ3) is 2.67. The Bertz CT molecular complexity index is 681. The van der Waals surface area contributed by atoms with Gasteiger partial charge in [-0.2, -0.15) is 5.26 Å². The molecule has 20 heavy (non-hydrogen) atoms. The molecule has 1 heterocycles. The highest BCUT2D eigenvalue weighted by atomic mass is 16.2. The Morgan fingerprint density at radius 3 is 3.10 bits per heavy atom. The van der Waals surface area contributed by atoms with Crippen LogP contribution < -0.4 is 5.32 Å². The number of aromatic amines is 1. The minimum atomic E-state index is -0.310. The molecule has 3 rings (SSSR count). The molecule has 0 saturated heterocycles. The molecule has 1 amide bonds. The fraction of sp³-hybridized carbons (Fsp3) is 0.286. The van der Waals surface area contributed by atoms with Crippen LogP contribution in [0.2, 0.25) is 0 Å². The molecule has 1 aliphatic rings. The first-order valence-corrected chi connectivity index (χ1v) is 6.46. The Balaban J connectivity index is 1.62. The van der Waals surface area contributed by atoms with E-state index < -0.39 is 0 Å². The number of H-pyrrole nitrogens is 1. The summed E-state index contributed by atoms with van der Waals surface area (Å²) in [5.41, 5.74) is 1.45. The molecule has 0 bridgehead atoms. The zero-order valence-electron chi connectivity index (χ0n) is 10.8. The molecule has 0 atom stereocenters. The van der Waals surface area contributed by atoms with Crippen molar-refractivity contribution < 1.29 is 4.79 Å². The lowest BCUT2D eigenvalue weighted by atomic mass is 10.1. The normalized spacial score (nSPS) is 13.8. The zero-order chi connectivity index (χ0) is 13.9. The lowest BCUT2D eigenvalue weighted by Crippen LogP contribution is -2.24. The van der Waals surface area contributed by atoms with Crippen LogP contribution in [0.4, 0.5) is 0 Å². The van der Waals surface area contributed by atoms with Crippen molar-refractivity contribution in [3.05, 3.63) is 47.0 Å². The summed E-state index contributed by atoms with van der Waals surface area (Å²) >= 11 is 0. The summed E-state index contributed by atoms with van der Waals surface area (Å²) in [4.78, 5) is 16.1. The van der Waals surface area contributed by atoms with Crippen LogP contribution in [0.15, 0.2) is 24.3 Å². The van der Waals surface area contributed by atoms with Crippen LogP contribution in [0.1, 0.15) is 46.3 Å². The molecule has 2 aromatic rings. The highest BCUT2D eigenvalue weighted by Crippen LogP contribution is 2.37. The van der Waals surface area contributed by atoms with E-state index in [2.05, 4.69) is 26.6 Å². The number of nitrogens with zero attached hydrogens (tertiary/aromatic N) is 3. The number of nitrogens with one attached hydrogen (secondary N) is 2. The first kappa shape index (κ1) is 12.4. The maximum absolute atomic E-state index is 11.9. The summed E-state index contributed by atoms with van der Waals surface area (Å²) < 4.78 is 0. The first-order valence-electron chi connectivity index (χ1n) is 6.46. The van der Waals surface area contributed by atoms with Gasteiger partial charge in [0.05, 0.1) is 11.6 Å². The molecular formula is C14H13N5O. The molecule has 6 heteroatoms. The fourth-order valence-corrected chi connectivity index (χ4v) is 1.93. The largest absolute Gasteiger partial charge is 0.345 e. The number of hydrogen-bond acceptors (Lipinski definition) is 4. The van der Waals surface area contributed by atoms with Gasteiger partial charge in [-0.05, 0) is 30.5 Å². The van der Waals surface area contributed by atoms with Crippen molar-refractivity contribution in [2.75, 3.05) is 0 Å². The summed E-state index contributed by atoms with van der Waals surface area (Å²) in [6, 6.07) is 9.18. The molecule has 2 N–H and O–H groups in total. The van der Waals surface area contributed by atoms with Crippen LogP contribution >= 0.6 is 0 Å². The van der Waals surface area contributed by atoms with E-state index in [1.54, 1.807) is 18.2 Å². The molecule has 100 valence electrons. The molecule has 1 fully saturated rings. The van der Waals surface area contributed by atoms with Crippen molar-refractivity contribution in [1.82, 2.24) is 20.5 Å². The topological polar surface area (TPSA) is 94.5 Å². The van der Waals surface area contributed by atoms with Gasteiger partial charge in [-0.1, -0.05) is 12.1 Å². The minimum absolute atomic E-state index is 0.170. The van der Waals surface area contributed by atoms with E-state index in [4.69, 9.17) is 5.26 Å².